The Hall–Kier alpha value is -5.00. The summed E-state index contributed by atoms with van der Waals surface area (Å²) in [5.74, 6) is 2.82. The Balaban J connectivity index is 1.10. The van der Waals surface area contributed by atoms with E-state index in [2.05, 4.69) is 39.2 Å². The van der Waals surface area contributed by atoms with Gasteiger partial charge in [0.05, 0.1) is 35.9 Å². The fourth-order valence-corrected chi connectivity index (χ4v) is 6.88. The molecule has 4 aromatic rings. The van der Waals surface area contributed by atoms with Crippen molar-refractivity contribution in [2.75, 3.05) is 26.3 Å². The molecule has 2 N–H and O–H groups in total. The average molecular weight is 683 g/mol. The molecule has 0 spiro atoms. The summed E-state index contributed by atoms with van der Waals surface area (Å²) in [6.07, 6.45) is 6.40. The van der Waals surface area contributed by atoms with Gasteiger partial charge in [0, 0.05) is 24.2 Å². The molecule has 0 bridgehead atoms. The summed E-state index contributed by atoms with van der Waals surface area (Å²) in [6.45, 7) is 13.4. The van der Waals surface area contributed by atoms with Crippen LogP contribution in [0.4, 0.5) is 9.59 Å². The molecule has 0 saturated carbocycles. The van der Waals surface area contributed by atoms with E-state index in [0.29, 0.717) is 37.8 Å². The topological polar surface area (TPSA) is 135 Å². The highest BCUT2D eigenvalue weighted by Gasteiger charge is 2.36. The van der Waals surface area contributed by atoms with Crippen molar-refractivity contribution in [3.8, 4) is 45.1 Å². The molecule has 264 valence electrons. The number of imidazole rings is 2. The minimum atomic E-state index is -0.568. The van der Waals surface area contributed by atoms with E-state index in [9.17, 15) is 9.59 Å². The van der Waals surface area contributed by atoms with Crippen LogP contribution in [-0.2, 0) is 9.47 Å². The molecular formula is C38H46N6O6. The monoisotopic (exact) mass is 682 g/mol. The van der Waals surface area contributed by atoms with Gasteiger partial charge in [-0.15, -0.1) is 0 Å². The third-order valence-electron chi connectivity index (χ3n) is 9.07. The zero-order chi connectivity index (χ0) is 35.2. The standard InChI is InChI=1S/C38H46N6O6/c1-37(2,3)49-35(45)43-17-7-9-29(43)33-39-21-27(41-33)24-13-11-23(12-14-24)25-15-16-26(32-31(25)47-19-20-48-32)28-22-40-34(42-28)30-10-8-18-44(30)36(46)50-38(4,5)6/h11-16,21-22,29-30H,7-10,17-20H2,1-6H3,(H,39,41)(H,40,42)/t29-,30-/m0/s1. The molecule has 12 heteroatoms. The fraction of sp³-hybridized carbons (Fsp3) is 0.474. The number of fused-ring (bicyclic) bond motifs is 1. The Labute approximate surface area is 292 Å². The van der Waals surface area contributed by atoms with E-state index < -0.39 is 11.2 Å². The van der Waals surface area contributed by atoms with Crippen molar-refractivity contribution in [1.82, 2.24) is 29.7 Å². The first-order chi connectivity index (χ1) is 23.8. The molecule has 3 aliphatic rings. The van der Waals surface area contributed by atoms with Crippen LogP contribution in [0, 0.1) is 0 Å². The first-order valence-electron chi connectivity index (χ1n) is 17.5. The zero-order valence-electron chi connectivity index (χ0n) is 29.7. The van der Waals surface area contributed by atoms with Gasteiger partial charge in [-0.1, -0.05) is 24.3 Å². The van der Waals surface area contributed by atoms with Gasteiger partial charge in [-0.25, -0.2) is 19.6 Å². The third kappa shape index (κ3) is 6.88. The minimum Gasteiger partial charge on any atom is -0.485 e. The molecule has 50 heavy (non-hydrogen) atoms. The molecule has 0 aliphatic carbocycles. The summed E-state index contributed by atoms with van der Waals surface area (Å²) >= 11 is 0. The Morgan fingerprint density at radius 3 is 1.68 bits per heavy atom. The molecule has 12 nitrogen and oxygen atoms in total. The van der Waals surface area contributed by atoms with Crippen LogP contribution in [-0.4, -0.2) is 79.4 Å². The smallest absolute Gasteiger partial charge is 0.410 e. The molecule has 2 saturated heterocycles. The Bertz CT molecular complexity index is 1870. The summed E-state index contributed by atoms with van der Waals surface area (Å²) in [7, 11) is 0. The Morgan fingerprint density at radius 2 is 1.14 bits per heavy atom. The van der Waals surface area contributed by atoms with E-state index in [-0.39, 0.29) is 24.3 Å². The van der Waals surface area contributed by atoms with E-state index >= 15 is 0 Å². The van der Waals surface area contributed by atoms with Gasteiger partial charge in [0.1, 0.15) is 36.1 Å². The lowest BCUT2D eigenvalue weighted by Crippen LogP contribution is -2.36. The van der Waals surface area contributed by atoms with Gasteiger partial charge in [-0.05, 0) is 90.5 Å². The van der Waals surface area contributed by atoms with Gasteiger partial charge < -0.3 is 28.9 Å². The molecule has 0 unspecified atom stereocenters. The molecule has 7 rings (SSSR count). The number of amides is 2. The average Bonchev–Trinajstić information content (AvgIpc) is 3.89. The first kappa shape index (κ1) is 33.5. The molecule has 0 radical (unpaired) electrons. The Kier molecular flexibility index (Phi) is 8.73. The normalized spacial score (nSPS) is 19.2. The van der Waals surface area contributed by atoms with E-state index in [4.69, 9.17) is 23.9 Å². The summed E-state index contributed by atoms with van der Waals surface area (Å²) in [6, 6.07) is 12.0. The van der Waals surface area contributed by atoms with E-state index in [1.54, 1.807) is 16.0 Å². The maximum atomic E-state index is 12.9. The lowest BCUT2D eigenvalue weighted by molar-refractivity contribution is 0.0208. The lowest BCUT2D eigenvalue weighted by Gasteiger charge is -2.27. The van der Waals surface area contributed by atoms with Crippen LogP contribution in [0.1, 0.15) is 91.0 Å². The van der Waals surface area contributed by atoms with Crippen LogP contribution in [0.15, 0.2) is 48.8 Å². The maximum absolute atomic E-state index is 12.9. The molecule has 3 aliphatic heterocycles. The van der Waals surface area contributed by atoms with Crippen LogP contribution < -0.4 is 9.47 Å². The lowest BCUT2D eigenvalue weighted by atomic mass is 9.98. The number of likely N-dealkylation sites (tertiary alicyclic amines) is 2. The van der Waals surface area contributed by atoms with Crippen molar-refractivity contribution >= 4 is 12.2 Å². The molecular weight excluding hydrogens is 636 g/mol. The predicted octanol–water partition coefficient (Wildman–Crippen LogP) is 8.05. The van der Waals surface area contributed by atoms with E-state index in [1.165, 1.54) is 0 Å². The van der Waals surface area contributed by atoms with Crippen molar-refractivity contribution in [2.24, 2.45) is 0 Å². The van der Waals surface area contributed by atoms with Crippen LogP contribution in [0.5, 0.6) is 11.5 Å². The number of ether oxygens (including phenoxy) is 4. The van der Waals surface area contributed by atoms with Crippen molar-refractivity contribution in [3.63, 3.8) is 0 Å². The number of rotatable bonds is 5. The summed E-state index contributed by atoms with van der Waals surface area (Å²) in [4.78, 5) is 45.5. The first-order valence-corrected chi connectivity index (χ1v) is 17.5. The number of carbonyl (C=O) groups is 2. The number of aromatic nitrogens is 4. The maximum Gasteiger partial charge on any atom is 0.410 e. The second-order valence-corrected chi connectivity index (χ2v) is 15.1. The van der Waals surface area contributed by atoms with Crippen LogP contribution in [0.3, 0.4) is 0 Å². The highest BCUT2D eigenvalue weighted by atomic mass is 16.6. The molecule has 5 heterocycles. The summed E-state index contributed by atoms with van der Waals surface area (Å²) in [5, 5.41) is 0. The second kappa shape index (κ2) is 13.0. The molecule has 2 amide bonds. The van der Waals surface area contributed by atoms with Gasteiger partial charge in [0.15, 0.2) is 11.5 Å². The van der Waals surface area contributed by atoms with Gasteiger partial charge >= 0.3 is 12.2 Å². The number of H-pyrrole nitrogens is 2. The molecule has 2 aromatic carbocycles. The molecule has 2 fully saturated rings. The SMILES string of the molecule is CC(C)(C)OC(=O)N1CCC[C@H]1c1ncc(-c2ccc(-c3ccc(-c4cnc([C@@H]5CCCN5C(=O)OC(C)(C)C)[nH]4)c4c3OCCO4)cc2)[nH]1. The quantitative estimate of drug-likeness (QED) is 0.216. The third-order valence-corrected chi connectivity index (χ3v) is 9.07. The number of hydrogen-bond acceptors (Lipinski definition) is 8. The largest absolute Gasteiger partial charge is 0.485 e. The van der Waals surface area contributed by atoms with Crippen molar-refractivity contribution in [3.05, 3.63) is 60.4 Å². The van der Waals surface area contributed by atoms with Crippen molar-refractivity contribution in [1.29, 1.82) is 0 Å². The van der Waals surface area contributed by atoms with E-state index in [1.807, 2.05) is 59.9 Å². The number of nitrogens with zero attached hydrogens (tertiary/aromatic N) is 4. The van der Waals surface area contributed by atoms with E-state index in [0.717, 1.165) is 71.0 Å². The van der Waals surface area contributed by atoms with Gasteiger partial charge in [0.2, 0.25) is 0 Å². The zero-order valence-corrected chi connectivity index (χ0v) is 29.7. The van der Waals surface area contributed by atoms with Gasteiger partial charge in [0.25, 0.3) is 0 Å². The summed E-state index contributed by atoms with van der Waals surface area (Å²) < 4.78 is 23.7. The van der Waals surface area contributed by atoms with Crippen LogP contribution in [0.25, 0.3) is 33.6 Å². The number of hydrogen-bond donors (Lipinski definition) is 2. The van der Waals surface area contributed by atoms with Gasteiger partial charge in [-0.3, -0.25) is 9.80 Å². The second-order valence-electron chi connectivity index (χ2n) is 15.1. The number of nitrogens with one attached hydrogen (secondary N) is 2. The molecule has 2 atom stereocenters. The van der Waals surface area contributed by atoms with Gasteiger partial charge in [-0.2, -0.15) is 0 Å². The minimum absolute atomic E-state index is 0.145. The van der Waals surface area contributed by atoms with Crippen LogP contribution in [0.2, 0.25) is 0 Å². The number of benzene rings is 2. The number of aromatic amines is 2. The summed E-state index contributed by atoms with van der Waals surface area (Å²) in [5.41, 5.74) is 4.28. The highest BCUT2D eigenvalue weighted by molar-refractivity contribution is 5.83. The van der Waals surface area contributed by atoms with Crippen LogP contribution >= 0.6 is 0 Å². The van der Waals surface area contributed by atoms with Crippen molar-refractivity contribution < 1.29 is 28.5 Å². The van der Waals surface area contributed by atoms with Crippen molar-refractivity contribution in [2.45, 2.75) is 90.5 Å². The fourth-order valence-electron chi connectivity index (χ4n) is 6.88. The Morgan fingerprint density at radius 1 is 0.680 bits per heavy atom. The predicted molar refractivity (Wildman–Crippen MR) is 188 cm³/mol. The number of carbonyl (C=O) groups excluding carboxylic acids is 2. The molecule has 2 aromatic heterocycles. The highest BCUT2D eigenvalue weighted by Crippen LogP contribution is 2.46.